The third-order valence-electron chi connectivity index (χ3n) is 1.81. The van der Waals surface area contributed by atoms with Crippen molar-refractivity contribution in [3.63, 3.8) is 0 Å². The molecule has 0 saturated heterocycles. The lowest BCUT2D eigenvalue weighted by molar-refractivity contribution is 0.483. The summed E-state index contributed by atoms with van der Waals surface area (Å²) in [5.74, 6) is 1.47. The van der Waals surface area contributed by atoms with Crippen molar-refractivity contribution in [3.05, 3.63) is 59.6 Å². The van der Waals surface area contributed by atoms with Crippen LogP contribution in [0.25, 0.3) is 0 Å². The summed E-state index contributed by atoms with van der Waals surface area (Å²) in [6, 6.07) is 17.0. The van der Waals surface area contributed by atoms with Crippen LogP contribution in [0.5, 0.6) is 11.5 Å². The second-order valence-corrected chi connectivity index (χ2v) is 3.25. The standard InChI is InChI=1S/C12H9ClO.C2H6/c13-11-8-4-5-9-12(11)14-10-6-2-1-3-7-10;1-2/h1-9H;1-2H3. The van der Waals surface area contributed by atoms with E-state index in [0.717, 1.165) is 5.75 Å². The van der Waals surface area contributed by atoms with E-state index < -0.39 is 0 Å². The van der Waals surface area contributed by atoms with Crippen molar-refractivity contribution in [2.75, 3.05) is 0 Å². The fraction of sp³-hybridized carbons (Fsp3) is 0.143. The van der Waals surface area contributed by atoms with E-state index in [1.165, 1.54) is 0 Å². The van der Waals surface area contributed by atoms with E-state index in [9.17, 15) is 0 Å². The number of para-hydroxylation sites is 2. The van der Waals surface area contributed by atoms with Crippen molar-refractivity contribution in [1.82, 2.24) is 0 Å². The maximum absolute atomic E-state index is 5.95. The Hall–Kier alpha value is -1.47. The molecule has 0 atom stereocenters. The van der Waals surface area contributed by atoms with E-state index in [4.69, 9.17) is 16.3 Å². The minimum absolute atomic E-state index is 0.622. The molecule has 0 aromatic heterocycles. The highest BCUT2D eigenvalue weighted by molar-refractivity contribution is 6.32. The van der Waals surface area contributed by atoms with E-state index in [-0.39, 0.29) is 0 Å². The van der Waals surface area contributed by atoms with Crippen molar-refractivity contribution >= 4 is 11.6 Å². The summed E-state index contributed by atoms with van der Waals surface area (Å²) in [6.07, 6.45) is 0. The lowest BCUT2D eigenvalue weighted by Gasteiger charge is -2.06. The second-order valence-electron chi connectivity index (χ2n) is 2.85. The van der Waals surface area contributed by atoms with Gasteiger partial charge in [-0.05, 0) is 24.3 Å². The van der Waals surface area contributed by atoms with Gasteiger partial charge in [0.25, 0.3) is 0 Å². The van der Waals surface area contributed by atoms with Crippen molar-refractivity contribution < 1.29 is 4.74 Å². The Kier molecular flexibility index (Phi) is 5.44. The molecule has 0 radical (unpaired) electrons. The molecule has 1 nitrogen and oxygen atoms in total. The summed E-state index contributed by atoms with van der Waals surface area (Å²) in [4.78, 5) is 0. The van der Waals surface area contributed by atoms with Crippen LogP contribution in [0.2, 0.25) is 5.02 Å². The molecule has 2 rings (SSSR count). The Bertz CT molecular complexity index is 412. The average molecular weight is 235 g/mol. The highest BCUT2D eigenvalue weighted by atomic mass is 35.5. The number of rotatable bonds is 2. The van der Waals surface area contributed by atoms with Gasteiger partial charge in [0, 0.05) is 0 Å². The molecule has 0 unspecified atom stereocenters. The fourth-order valence-corrected chi connectivity index (χ4v) is 1.32. The van der Waals surface area contributed by atoms with Crippen LogP contribution in [0.1, 0.15) is 13.8 Å². The first-order valence-electron chi connectivity index (χ1n) is 5.34. The van der Waals surface area contributed by atoms with Crippen molar-refractivity contribution in [3.8, 4) is 11.5 Å². The van der Waals surface area contributed by atoms with Gasteiger partial charge in [0.2, 0.25) is 0 Å². The van der Waals surface area contributed by atoms with Crippen LogP contribution >= 0.6 is 11.6 Å². The van der Waals surface area contributed by atoms with Crippen molar-refractivity contribution in [1.29, 1.82) is 0 Å². The summed E-state index contributed by atoms with van der Waals surface area (Å²) in [6.45, 7) is 4.00. The average Bonchev–Trinajstić information content (AvgIpc) is 2.36. The molecule has 0 N–H and O–H groups in total. The van der Waals surface area contributed by atoms with E-state index in [0.29, 0.717) is 10.8 Å². The maximum atomic E-state index is 5.95. The summed E-state index contributed by atoms with van der Waals surface area (Å²) >= 11 is 5.95. The van der Waals surface area contributed by atoms with Crippen LogP contribution in [0.4, 0.5) is 0 Å². The molecule has 0 aliphatic carbocycles. The predicted molar refractivity (Wildman–Crippen MR) is 69.3 cm³/mol. The van der Waals surface area contributed by atoms with Crippen molar-refractivity contribution in [2.45, 2.75) is 13.8 Å². The molecular weight excluding hydrogens is 220 g/mol. The van der Waals surface area contributed by atoms with Crippen LogP contribution in [0.15, 0.2) is 54.6 Å². The third kappa shape index (κ3) is 3.59. The van der Waals surface area contributed by atoms with Crippen LogP contribution in [0, 0.1) is 0 Å². The Labute approximate surface area is 102 Å². The first-order valence-corrected chi connectivity index (χ1v) is 5.71. The summed E-state index contributed by atoms with van der Waals surface area (Å²) in [7, 11) is 0. The van der Waals surface area contributed by atoms with Crippen LogP contribution in [-0.4, -0.2) is 0 Å². The minimum atomic E-state index is 0.622. The van der Waals surface area contributed by atoms with Gasteiger partial charge in [0.1, 0.15) is 11.5 Å². The zero-order valence-electron chi connectivity index (χ0n) is 9.48. The number of halogens is 1. The second kappa shape index (κ2) is 6.91. The quantitative estimate of drug-likeness (QED) is 0.698. The predicted octanol–water partition coefficient (Wildman–Crippen LogP) is 5.16. The summed E-state index contributed by atoms with van der Waals surface area (Å²) in [5, 5.41) is 0.622. The molecule has 0 aliphatic rings. The SMILES string of the molecule is CC.Clc1ccccc1Oc1ccccc1. The van der Waals surface area contributed by atoms with Crippen LogP contribution < -0.4 is 4.74 Å². The van der Waals surface area contributed by atoms with E-state index in [1.807, 2.05) is 62.4 Å². The highest BCUT2D eigenvalue weighted by Gasteiger charge is 1.99. The zero-order valence-corrected chi connectivity index (χ0v) is 10.2. The lowest BCUT2D eigenvalue weighted by atomic mass is 10.3. The zero-order chi connectivity index (χ0) is 11.8. The van der Waals surface area contributed by atoms with Crippen LogP contribution in [0.3, 0.4) is 0 Å². The molecule has 0 fully saturated rings. The number of ether oxygens (including phenoxy) is 1. The fourth-order valence-electron chi connectivity index (χ4n) is 1.14. The molecule has 0 saturated carbocycles. The molecule has 0 aliphatic heterocycles. The van der Waals surface area contributed by atoms with Gasteiger partial charge in [-0.25, -0.2) is 0 Å². The van der Waals surface area contributed by atoms with Gasteiger partial charge in [-0.3, -0.25) is 0 Å². The Morgan fingerprint density at radius 3 is 2.00 bits per heavy atom. The highest BCUT2D eigenvalue weighted by Crippen LogP contribution is 2.28. The maximum Gasteiger partial charge on any atom is 0.146 e. The monoisotopic (exact) mass is 234 g/mol. The summed E-state index contributed by atoms with van der Waals surface area (Å²) < 4.78 is 5.58. The van der Waals surface area contributed by atoms with E-state index in [1.54, 1.807) is 6.07 Å². The molecule has 2 aromatic rings. The molecule has 0 spiro atoms. The number of hydrogen-bond acceptors (Lipinski definition) is 1. The Morgan fingerprint density at radius 2 is 1.38 bits per heavy atom. The molecule has 0 heterocycles. The molecule has 0 bridgehead atoms. The Balaban J connectivity index is 0.000000606. The van der Waals surface area contributed by atoms with E-state index in [2.05, 4.69) is 0 Å². The summed E-state index contributed by atoms with van der Waals surface area (Å²) in [5.41, 5.74) is 0. The molecule has 84 valence electrons. The van der Waals surface area contributed by atoms with Gasteiger partial charge in [0.15, 0.2) is 0 Å². The third-order valence-corrected chi connectivity index (χ3v) is 2.12. The topological polar surface area (TPSA) is 9.23 Å². The first kappa shape index (κ1) is 12.6. The van der Waals surface area contributed by atoms with Gasteiger partial charge in [-0.15, -0.1) is 0 Å². The number of hydrogen-bond donors (Lipinski definition) is 0. The van der Waals surface area contributed by atoms with Gasteiger partial charge in [-0.2, -0.15) is 0 Å². The molecule has 2 aromatic carbocycles. The Morgan fingerprint density at radius 1 is 0.812 bits per heavy atom. The molecule has 0 amide bonds. The molecule has 2 heteroatoms. The number of benzene rings is 2. The largest absolute Gasteiger partial charge is 0.456 e. The first-order chi connectivity index (χ1) is 7.86. The van der Waals surface area contributed by atoms with Gasteiger partial charge in [-0.1, -0.05) is 55.8 Å². The molecular formula is C14H15ClO. The normalized spacial score (nSPS) is 8.94. The van der Waals surface area contributed by atoms with Gasteiger partial charge < -0.3 is 4.74 Å². The molecule has 16 heavy (non-hydrogen) atoms. The van der Waals surface area contributed by atoms with Gasteiger partial charge in [0.05, 0.1) is 5.02 Å². The van der Waals surface area contributed by atoms with E-state index >= 15 is 0 Å². The lowest BCUT2D eigenvalue weighted by Crippen LogP contribution is -1.83. The van der Waals surface area contributed by atoms with Crippen molar-refractivity contribution in [2.24, 2.45) is 0 Å². The van der Waals surface area contributed by atoms with Gasteiger partial charge >= 0.3 is 0 Å². The smallest absolute Gasteiger partial charge is 0.146 e. The van der Waals surface area contributed by atoms with Crippen LogP contribution in [-0.2, 0) is 0 Å². The minimum Gasteiger partial charge on any atom is -0.456 e.